The summed E-state index contributed by atoms with van der Waals surface area (Å²) in [7, 11) is 0. The van der Waals surface area contributed by atoms with Gasteiger partial charge in [-0.15, -0.1) is 0 Å². The molecule has 2 nitrogen and oxygen atoms in total. The third-order valence-electron chi connectivity index (χ3n) is 0.175. The Hall–Kier alpha value is 2.48. The molecule has 0 heterocycles. The van der Waals surface area contributed by atoms with Crippen LogP contribution in [0.4, 0.5) is 0 Å². The standard InChI is InChI=1S/C3H4O2.2K.2H/c1-2-3(4)5;;;;/h2H,1H2,(H,4,5);;;;/q;2*+1;2*-1. The molecular formula is C3H6K2O2. The Morgan fingerprint density at radius 2 is 1.86 bits per heavy atom. The van der Waals surface area contributed by atoms with Gasteiger partial charge in [-0.3, -0.25) is 0 Å². The number of carboxylic acid groups (broad SMARTS) is 1. The normalized spacial score (nSPS) is 4.57. The van der Waals surface area contributed by atoms with Crippen molar-refractivity contribution >= 4 is 5.97 Å². The maximum Gasteiger partial charge on any atom is 1.00 e. The Morgan fingerprint density at radius 3 is 1.86 bits per heavy atom. The van der Waals surface area contributed by atoms with Crippen molar-refractivity contribution in [3.05, 3.63) is 12.7 Å². The minimum atomic E-state index is -0.981. The van der Waals surface area contributed by atoms with Crippen LogP contribution in [0, 0.1) is 0 Å². The Balaban J connectivity index is -0.0000000133. The number of hydrogen-bond acceptors (Lipinski definition) is 1. The molecule has 0 aliphatic rings. The number of carbonyl (C=O) groups is 1. The van der Waals surface area contributed by atoms with Gasteiger partial charge < -0.3 is 7.96 Å². The van der Waals surface area contributed by atoms with Gasteiger partial charge in [0.2, 0.25) is 0 Å². The average Bonchev–Trinajstić information content (AvgIpc) is 1.38. The van der Waals surface area contributed by atoms with Crippen molar-refractivity contribution in [2.45, 2.75) is 0 Å². The molecule has 0 aromatic heterocycles. The van der Waals surface area contributed by atoms with Crippen LogP contribution in [-0.4, -0.2) is 11.1 Å². The van der Waals surface area contributed by atoms with E-state index in [0.29, 0.717) is 0 Å². The molecule has 0 amide bonds. The Labute approximate surface area is 131 Å². The molecule has 0 unspecified atom stereocenters. The summed E-state index contributed by atoms with van der Waals surface area (Å²) in [5.41, 5.74) is 0. The fourth-order valence-electron chi connectivity index (χ4n) is 0. The molecule has 4 heteroatoms. The molecule has 0 aromatic rings. The van der Waals surface area contributed by atoms with Crippen LogP contribution in [0.15, 0.2) is 12.7 Å². The van der Waals surface area contributed by atoms with Gasteiger partial charge in [-0.1, -0.05) is 6.58 Å². The van der Waals surface area contributed by atoms with E-state index in [-0.39, 0.29) is 106 Å². The number of aliphatic carboxylic acids is 1. The van der Waals surface area contributed by atoms with Crippen LogP contribution >= 0.6 is 0 Å². The monoisotopic (exact) mass is 152 g/mol. The summed E-state index contributed by atoms with van der Waals surface area (Å²) in [6.07, 6.45) is 0.833. The van der Waals surface area contributed by atoms with Crippen LogP contribution in [0.3, 0.4) is 0 Å². The quantitative estimate of drug-likeness (QED) is 0.301. The topological polar surface area (TPSA) is 37.3 Å². The van der Waals surface area contributed by atoms with Crippen molar-refractivity contribution in [1.29, 1.82) is 0 Å². The third-order valence-corrected chi connectivity index (χ3v) is 0.175. The van der Waals surface area contributed by atoms with Crippen molar-refractivity contribution in [3.8, 4) is 0 Å². The molecular weight excluding hydrogens is 146 g/mol. The summed E-state index contributed by atoms with van der Waals surface area (Å²) in [6.45, 7) is 2.96. The minimum absolute atomic E-state index is 0. The summed E-state index contributed by atoms with van der Waals surface area (Å²) in [5.74, 6) is -0.981. The molecule has 0 saturated heterocycles. The Bertz CT molecular complexity index is 68.8. The van der Waals surface area contributed by atoms with E-state index in [2.05, 4.69) is 6.58 Å². The van der Waals surface area contributed by atoms with Crippen molar-refractivity contribution in [2.75, 3.05) is 0 Å². The zero-order valence-electron chi connectivity index (χ0n) is 6.64. The summed E-state index contributed by atoms with van der Waals surface area (Å²) in [4.78, 5) is 9.25. The molecule has 0 spiro atoms. The van der Waals surface area contributed by atoms with Crippen LogP contribution in [0.1, 0.15) is 2.85 Å². The molecule has 0 radical (unpaired) electrons. The molecule has 0 atom stereocenters. The van der Waals surface area contributed by atoms with Crippen molar-refractivity contribution in [2.24, 2.45) is 0 Å². The number of hydrogen-bond donors (Lipinski definition) is 1. The SMILES string of the molecule is C=CC(=O)O.[H-].[H-].[K+].[K+]. The second kappa shape index (κ2) is 11.3. The summed E-state index contributed by atoms with van der Waals surface area (Å²) in [6, 6.07) is 0. The zero-order valence-corrected chi connectivity index (χ0v) is 10.9. The van der Waals surface area contributed by atoms with Crippen LogP contribution in [-0.2, 0) is 4.79 Å². The Morgan fingerprint density at radius 1 is 1.71 bits per heavy atom. The molecule has 1 N–H and O–H groups in total. The van der Waals surface area contributed by atoms with Crippen LogP contribution in [0.5, 0.6) is 0 Å². The van der Waals surface area contributed by atoms with E-state index >= 15 is 0 Å². The first-order valence-corrected chi connectivity index (χ1v) is 1.12. The first-order valence-electron chi connectivity index (χ1n) is 1.12. The van der Waals surface area contributed by atoms with E-state index in [0.717, 1.165) is 6.08 Å². The van der Waals surface area contributed by atoms with Crippen molar-refractivity contribution in [1.82, 2.24) is 0 Å². The third kappa shape index (κ3) is 17.7. The smallest absolute Gasteiger partial charge is 1.00 e. The van der Waals surface area contributed by atoms with Gasteiger partial charge in [0.1, 0.15) is 0 Å². The zero-order chi connectivity index (χ0) is 4.28. The fourth-order valence-corrected chi connectivity index (χ4v) is 0. The van der Waals surface area contributed by atoms with E-state index < -0.39 is 5.97 Å². The predicted octanol–water partition coefficient (Wildman–Crippen LogP) is -5.51. The van der Waals surface area contributed by atoms with Gasteiger partial charge in [-0.05, 0) is 0 Å². The molecule has 0 fully saturated rings. The minimum Gasteiger partial charge on any atom is -1.00 e. The maximum atomic E-state index is 9.25. The summed E-state index contributed by atoms with van der Waals surface area (Å²) in [5, 5.41) is 7.60. The first kappa shape index (κ1) is 16.2. The van der Waals surface area contributed by atoms with Gasteiger partial charge in [-0.2, -0.15) is 0 Å². The second-order valence-corrected chi connectivity index (χ2v) is 0.542. The van der Waals surface area contributed by atoms with Gasteiger partial charge >= 0.3 is 109 Å². The molecule has 32 valence electrons. The van der Waals surface area contributed by atoms with Gasteiger partial charge in [0.15, 0.2) is 0 Å². The predicted molar refractivity (Wildman–Crippen MR) is 20.1 cm³/mol. The van der Waals surface area contributed by atoms with E-state index in [9.17, 15) is 4.79 Å². The van der Waals surface area contributed by atoms with Crippen LogP contribution in [0.2, 0.25) is 0 Å². The molecule has 0 saturated carbocycles. The molecule has 0 aliphatic heterocycles. The largest absolute Gasteiger partial charge is 1.00 e. The van der Waals surface area contributed by atoms with Crippen LogP contribution < -0.4 is 103 Å². The number of carboxylic acids is 1. The first-order chi connectivity index (χ1) is 2.27. The van der Waals surface area contributed by atoms with Gasteiger partial charge in [-0.25, -0.2) is 4.79 Å². The summed E-state index contributed by atoms with van der Waals surface area (Å²) < 4.78 is 0. The number of rotatable bonds is 1. The van der Waals surface area contributed by atoms with Crippen LogP contribution in [0.25, 0.3) is 0 Å². The molecule has 7 heavy (non-hydrogen) atoms. The molecule has 0 aliphatic carbocycles. The van der Waals surface area contributed by atoms with E-state index in [4.69, 9.17) is 5.11 Å². The van der Waals surface area contributed by atoms with E-state index in [1.165, 1.54) is 0 Å². The molecule has 0 rings (SSSR count). The van der Waals surface area contributed by atoms with E-state index in [1.807, 2.05) is 0 Å². The van der Waals surface area contributed by atoms with Gasteiger partial charge in [0.25, 0.3) is 0 Å². The maximum absolute atomic E-state index is 9.25. The van der Waals surface area contributed by atoms with Crippen molar-refractivity contribution < 1.29 is 116 Å². The fraction of sp³-hybridized carbons (Fsp3) is 0. The van der Waals surface area contributed by atoms with Gasteiger partial charge in [0, 0.05) is 6.08 Å². The molecule has 0 bridgehead atoms. The second-order valence-electron chi connectivity index (χ2n) is 0.542. The van der Waals surface area contributed by atoms with Gasteiger partial charge in [0.05, 0.1) is 0 Å². The van der Waals surface area contributed by atoms with E-state index in [1.54, 1.807) is 0 Å². The summed E-state index contributed by atoms with van der Waals surface area (Å²) >= 11 is 0. The average molecular weight is 152 g/mol. The van der Waals surface area contributed by atoms with Crippen molar-refractivity contribution in [3.63, 3.8) is 0 Å². The molecule has 0 aromatic carbocycles. The Kier molecular flexibility index (Phi) is 26.2.